The molecule has 0 radical (unpaired) electrons. The van der Waals surface area contributed by atoms with Crippen LogP contribution in [0.5, 0.6) is 0 Å². The van der Waals surface area contributed by atoms with Crippen LogP contribution in [0, 0.1) is 5.92 Å². The zero-order valence-corrected chi connectivity index (χ0v) is 17.4. The summed E-state index contributed by atoms with van der Waals surface area (Å²) in [5.74, 6) is -1.62. The molecule has 31 heavy (non-hydrogen) atoms. The number of esters is 1. The maximum absolute atomic E-state index is 12.9. The predicted octanol–water partition coefficient (Wildman–Crippen LogP) is 5.46. The topological polar surface area (TPSA) is 63.6 Å². The largest absolute Gasteiger partial charge is 0.481 e. The molecule has 4 heteroatoms. The quantitative estimate of drug-likeness (QED) is 0.473. The molecule has 0 bridgehead atoms. The number of aryl methyl sites for hydroxylation is 1. The number of carboxylic acids is 1. The number of hydrogen-bond donors (Lipinski definition) is 1. The average Bonchev–Trinajstić information content (AvgIpc) is 3.12. The van der Waals surface area contributed by atoms with Gasteiger partial charge in [0.25, 0.3) is 0 Å². The van der Waals surface area contributed by atoms with Gasteiger partial charge in [0, 0.05) is 12.3 Å². The summed E-state index contributed by atoms with van der Waals surface area (Å²) in [4.78, 5) is 24.0. The van der Waals surface area contributed by atoms with Crippen LogP contribution in [0.2, 0.25) is 0 Å². The van der Waals surface area contributed by atoms with Crippen molar-refractivity contribution >= 4 is 11.9 Å². The van der Waals surface area contributed by atoms with E-state index in [2.05, 4.69) is 24.3 Å². The van der Waals surface area contributed by atoms with Crippen molar-refractivity contribution in [3.8, 4) is 11.1 Å². The first kappa shape index (κ1) is 20.9. The Kier molecular flexibility index (Phi) is 6.46. The summed E-state index contributed by atoms with van der Waals surface area (Å²) in [5.41, 5.74) is 5.84. The van der Waals surface area contributed by atoms with Gasteiger partial charge < -0.3 is 9.84 Å². The zero-order chi connectivity index (χ0) is 21.6. The molecule has 4 nitrogen and oxygen atoms in total. The number of benzene rings is 3. The molecule has 1 atom stereocenters. The lowest BCUT2D eigenvalue weighted by atomic mass is 9.94. The van der Waals surface area contributed by atoms with Crippen LogP contribution in [0.25, 0.3) is 11.1 Å². The summed E-state index contributed by atoms with van der Waals surface area (Å²) in [5, 5.41) is 9.10. The van der Waals surface area contributed by atoms with Crippen molar-refractivity contribution < 1.29 is 19.4 Å². The molecule has 0 aliphatic heterocycles. The Labute approximate surface area is 182 Å². The van der Waals surface area contributed by atoms with Crippen LogP contribution in [-0.2, 0) is 20.7 Å². The molecule has 0 saturated carbocycles. The third kappa shape index (κ3) is 4.85. The van der Waals surface area contributed by atoms with E-state index in [1.165, 1.54) is 22.3 Å². The summed E-state index contributed by atoms with van der Waals surface area (Å²) < 4.78 is 5.79. The van der Waals surface area contributed by atoms with E-state index in [1.54, 1.807) is 0 Å². The third-order valence-electron chi connectivity index (χ3n) is 6.02. The molecule has 1 aliphatic rings. The number of ether oxygens (including phenoxy) is 1. The molecule has 4 rings (SSSR count). The van der Waals surface area contributed by atoms with Crippen LogP contribution in [-0.4, -0.2) is 23.7 Å². The fourth-order valence-electron chi connectivity index (χ4n) is 4.39. The van der Waals surface area contributed by atoms with Gasteiger partial charge in [0.15, 0.2) is 0 Å². The van der Waals surface area contributed by atoms with E-state index in [0.29, 0.717) is 12.8 Å². The van der Waals surface area contributed by atoms with Gasteiger partial charge in [0.2, 0.25) is 0 Å². The molecule has 0 spiro atoms. The highest BCUT2D eigenvalue weighted by atomic mass is 16.5. The number of carbonyl (C=O) groups excluding carboxylic acids is 1. The molecule has 1 N–H and O–H groups in total. The fraction of sp³-hybridized carbons (Fsp3) is 0.259. The van der Waals surface area contributed by atoms with Crippen molar-refractivity contribution in [2.75, 3.05) is 6.61 Å². The highest BCUT2D eigenvalue weighted by Crippen LogP contribution is 2.44. The van der Waals surface area contributed by atoms with Gasteiger partial charge >= 0.3 is 11.9 Å². The van der Waals surface area contributed by atoms with Crippen molar-refractivity contribution in [2.24, 2.45) is 5.92 Å². The van der Waals surface area contributed by atoms with Gasteiger partial charge in [-0.25, -0.2) is 0 Å². The molecule has 0 amide bonds. The van der Waals surface area contributed by atoms with Crippen LogP contribution >= 0.6 is 0 Å². The summed E-state index contributed by atoms with van der Waals surface area (Å²) in [6.45, 7) is 0.266. The summed E-state index contributed by atoms with van der Waals surface area (Å²) in [6, 6.07) is 26.4. The number of carbonyl (C=O) groups is 2. The number of carboxylic acid groups (broad SMARTS) is 1. The molecular formula is C27H26O4. The Bertz CT molecular complexity index is 1010. The van der Waals surface area contributed by atoms with Gasteiger partial charge in [-0.05, 0) is 47.1 Å². The average molecular weight is 415 g/mol. The minimum Gasteiger partial charge on any atom is -0.481 e. The second-order valence-corrected chi connectivity index (χ2v) is 8.01. The van der Waals surface area contributed by atoms with Gasteiger partial charge in [-0.3, -0.25) is 9.59 Å². The molecular weight excluding hydrogens is 388 g/mol. The van der Waals surface area contributed by atoms with E-state index in [-0.39, 0.29) is 24.9 Å². The number of rotatable bonds is 9. The molecule has 0 heterocycles. The van der Waals surface area contributed by atoms with Crippen LogP contribution < -0.4 is 0 Å². The number of aliphatic carboxylic acids is 1. The molecule has 1 unspecified atom stereocenters. The van der Waals surface area contributed by atoms with Crippen LogP contribution in [0.1, 0.15) is 41.9 Å². The third-order valence-corrected chi connectivity index (χ3v) is 6.02. The second kappa shape index (κ2) is 9.61. The second-order valence-electron chi connectivity index (χ2n) is 8.01. The van der Waals surface area contributed by atoms with E-state index in [1.807, 2.05) is 54.6 Å². The molecule has 0 fully saturated rings. The van der Waals surface area contributed by atoms with Crippen molar-refractivity contribution in [2.45, 2.75) is 31.6 Å². The minimum absolute atomic E-state index is 0.00518. The molecule has 0 aromatic heterocycles. The Morgan fingerprint density at radius 3 is 2.00 bits per heavy atom. The zero-order valence-electron chi connectivity index (χ0n) is 17.4. The highest BCUT2D eigenvalue weighted by Gasteiger charge is 2.30. The fourth-order valence-corrected chi connectivity index (χ4v) is 4.39. The van der Waals surface area contributed by atoms with Gasteiger partial charge in [-0.15, -0.1) is 0 Å². The SMILES string of the molecule is O=C(O)CCC(CCc1ccccc1)C(=O)OCC1c2ccccc2-c2ccccc21. The van der Waals surface area contributed by atoms with E-state index in [9.17, 15) is 9.59 Å². The standard InChI is InChI=1S/C27H26O4/c28-26(29)17-16-20(15-14-19-8-2-1-3-9-19)27(30)31-18-25-23-12-6-4-10-21(23)22-11-5-7-13-24(22)25/h1-13,20,25H,14-18H2,(H,28,29). The monoisotopic (exact) mass is 414 g/mol. The lowest BCUT2D eigenvalue weighted by Crippen LogP contribution is -2.22. The lowest BCUT2D eigenvalue weighted by molar-refractivity contribution is -0.149. The summed E-state index contributed by atoms with van der Waals surface area (Å²) in [7, 11) is 0. The maximum atomic E-state index is 12.9. The van der Waals surface area contributed by atoms with Crippen LogP contribution in [0.4, 0.5) is 0 Å². The maximum Gasteiger partial charge on any atom is 0.308 e. The Balaban J connectivity index is 1.45. The normalized spacial score (nSPS) is 13.3. The van der Waals surface area contributed by atoms with E-state index >= 15 is 0 Å². The summed E-state index contributed by atoms with van der Waals surface area (Å²) in [6.07, 6.45) is 1.55. The lowest BCUT2D eigenvalue weighted by Gasteiger charge is -2.19. The molecule has 3 aromatic rings. The first-order valence-corrected chi connectivity index (χ1v) is 10.7. The minimum atomic E-state index is -0.892. The van der Waals surface area contributed by atoms with Crippen molar-refractivity contribution in [3.05, 3.63) is 95.6 Å². The number of hydrogen-bond acceptors (Lipinski definition) is 3. The van der Waals surface area contributed by atoms with Gasteiger partial charge in [0.05, 0.1) is 5.92 Å². The Morgan fingerprint density at radius 2 is 1.39 bits per heavy atom. The van der Waals surface area contributed by atoms with Gasteiger partial charge in [0.1, 0.15) is 6.61 Å². The van der Waals surface area contributed by atoms with Crippen molar-refractivity contribution in [3.63, 3.8) is 0 Å². The van der Waals surface area contributed by atoms with Crippen molar-refractivity contribution in [1.82, 2.24) is 0 Å². The molecule has 3 aromatic carbocycles. The Morgan fingerprint density at radius 1 is 0.806 bits per heavy atom. The van der Waals surface area contributed by atoms with Crippen molar-refractivity contribution in [1.29, 1.82) is 0 Å². The molecule has 1 aliphatic carbocycles. The predicted molar refractivity (Wildman–Crippen MR) is 120 cm³/mol. The first-order valence-electron chi connectivity index (χ1n) is 10.7. The Hall–Kier alpha value is -3.40. The molecule has 158 valence electrons. The smallest absolute Gasteiger partial charge is 0.308 e. The molecule has 0 saturated heterocycles. The van der Waals surface area contributed by atoms with E-state index in [0.717, 1.165) is 12.0 Å². The van der Waals surface area contributed by atoms with Crippen LogP contribution in [0.15, 0.2) is 78.9 Å². The van der Waals surface area contributed by atoms with Gasteiger partial charge in [-0.1, -0.05) is 78.9 Å². The highest BCUT2D eigenvalue weighted by molar-refractivity contribution is 5.79. The van der Waals surface area contributed by atoms with E-state index < -0.39 is 11.9 Å². The van der Waals surface area contributed by atoms with E-state index in [4.69, 9.17) is 9.84 Å². The number of fused-ring (bicyclic) bond motifs is 3. The summed E-state index contributed by atoms with van der Waals surface area (Å²) >= 11 is 0. The van der Waals surface area contributed by atoms with Gasteiger partial charge in [-0.2, -0.15) is 0 Å². The van der Waals surface area contributed by atoms with Crippen LogP contribution in [0.3, 0.4) is 0 Å². The first-order chi connectivity index (χ1) is 15.1.